The first-order valence-electron chi connectivity index (χ1n) is 10.3. The highest BCUT2D eigenvalue weighted by molar-refractivity contribution is 6.60. The first-order valence-corrected chi connectivity index (χ1v) is 10.3. The average Bonchev–Trinajstić information content (AvgIpc) is 3.03. The number of aldehydes is 1. The number of hydrogen-bond acceptors (Lipinski definition) is 6. The number of amides is 2. The zero-order valence-electron chi connectivity index (χ0n) is 17.2. The van der Waals surface area contributed by atoms with Gasteiger partial charge in [0.25, 0.3) is 5.91 Å². The Hall–Kier alpha value is -3.01. The summed E-state index contributed by atoms with van der Waals surface area (Å²) in [5, 5.41) is 24.1. The predicted molar refractivity (Wildman–Crippen MR) is 120 cm³/mol. The van der Waals surface area contributed by atoms with Crippen molar-refractivity contribution in [2.45, 2.75) is 25.7 Å². The summed E-state index contributed by atoms with van der Waals surface area (Å²) in [6, 6.07) is 10.8. The number of benzene rings is 2. The van der Waals surface area contributed by atoms with Crippen molar-refractivity contribution in [2.75, 3.05) is 30.3 Å². The molecule has 1 heterocycles. The molecule has 1 saturated heterocycles. The molecule has 1 fully saturated rings. The van der Waals surface area contributed by atoms with E-state index < -0.39 is 13.0 Å². The Morgan fingerprint density at radius 1 is 0.935 bits per heavy atom. The van der Waals surface area contributed by atoms with E-state index in [0.29, 0.717) is 24.2 Å². The van der Waals surface area contributed by atoms with Crippen molar-refractivity contribution in [3.63, 3.8) is 0 Å². The number of carbonyl (C=O) groups excluding carboxylic acids is 3. The molecule has 0 saturated carbocycles. The highest BCUT2D eigenvalue weighted by atomic mass is 16.4. The molecular formula is C22H26BN3O5. The fraction of sp³-hybridized carbons (Fsp3) is 0.318. The van der Waals surface area contributed by atoms with Gasteiger partial charge in [0.1, 0.15) is 6.29 Å². The Morgan fingerprint density at radius 2 is 1.55 bits per heavy atom. The van der Waals surface area contributed by atoms with Gasteiger partial charge in [-0.15, -0.1) is 0 Å². The van der Waals surface area contributed by atoms with Crippen LogP contribution in [-0.4, -0.2) is 59.8 Å². The lowest BCUT2D eigenvalue weighted by atomic mass is 9.77. The van der Waals surface area contributed by atoms with Crippen molar-refractivity contribution in [3.8, 4) is 0 Å². The minimum atomic E-state index is -1.79. The van der Waals surface area contributed by atoms with Gasteiger partial charge in [-0.3, -0.25) is 19.3 Å². The maximum atomic E-state index is 12.4. The van der Waals surface area contributed by atoms with Crippen molar-refractivity contribution in [1.29, 1.82) is 0 Å². The van der Waals surface area contributed by atoms with Gasteiger partial charge in [0, 0.05) is 22.5 Å². The molecule has 1 aliphatic rings. The molecule has 31 heavy (non-hydrogen) atoms. The van der Waals surface area contributed by atoms with Crippen LogP contribution in [0.4, 0.5) is 11.4 Å². The third-order valence-electron chi connectivity index (χ3n) is 5.25. The summed E-state index contributed by atoms with van der Waals surface area (Å²) in [7, 11) is -1.79. The first-order chi connectivity index (χ1) is 15.0. The zero-order chi connectivity index (χ0) is 22.2. The van der Waals surface area contributed by atoms with E-state index in [2.05, 4.69) is 15.5 Å². The van der Waals surface area contributed by atoms with Gasteiger partial charge < -0.3 is 20.7 Å². The number of rotatable bonds is 7. The van der Waals surface area contributed by atoms with Crippen LogP contribution < -0.4 is 16.1 Å². The molecule has 2 aromatic rings. The Balaban J connectivity index is 1.57. The minimum Gasteiger partial charge on any atom is -0.423 e. The Kier molecular flexibility index (Phi) is 7.94. The second-order valence-electron chi connectivity index (χ2n) is 7.61. The van der Waals surface area contributed by atoms with Gasteiger partial charge in [-0.2, -0.15) is 0 Å². The molecule has 3 rings (SSSR count). The smallest absolute Gasteiger partial charge is 0.423 e. The van der Waals surface area contributed by atoms with Crippen LogP contribution in [0.3, 0.4) is 0 Å². The van der Waals surface area contributed by atoms with Crippen molar-refractivity contribution in [3.05, 3.63) is 53.6 Å². The van der Waals surface area contributed by atoms with Crippen LogP contribution in [0.15, 0.2) is 42.5 Å². The molecule has 0 bridgehead atoms. The van der Waals surface area contributed by atoms with Crippen LogP contribution in [0, 0.1) is 0 Å². The van der Waals surface area contributed by atoms with Crippen LogP contribution in [0.1, 0.15) is 46.4 Å². The summed E-state index contributed by atoms with van der Waals surface area (Å²) < 4.78 is 0. The predicted octanol–water partition coefficient (Wildman–Crippen LogP) is 1.25. The zero-order valence-corrected chi connectivity index (χ0v) is 17.2. The normalized spacial score (nSPS) is 14.4. The van der Waals surface area contributed by atoms with Crippen molar-refractivity contribution < 1.29 is 24.4 Å². The monoisotopic (exact) mass is 423 g/mol. The van der Waals surface area contributed by atoms with E-state index in [4.69, 9.17) is 0 Å². The molecular weight excluding hydrogens is 397 g/mol. The number of nitrogens with one attached hydrogen (secondary N) is 2. The molecule has 0 unspecified atom stereocenters. The number of carbonyl (C=O) groups is 3. The molecule has 8 nitrogen and oxygen atoms in total. The van der Waals surface area contributed by atoms with Crippen molar-refractivity contribution >= 4 is 42.1 Å². The summed E-state index contributed by atoms with van der Waals surface area (Å²) in [6.07, 6.45) is 5.15. The van der Waals surface area contributed by atoms with E-state index >= 15 is 0 Å². The van der Waals surface area contributed by atoms with Gasteiger partial charge in [0.15, 0.2) is 0 Å². The van der Waals surface area contributed by atoms with E-state index in [0.717, 1.165) is 25.9 Å². The van der Waals surface area contributed by atoms with E-state index in [1.54, 1.807) is 24.3 Å². The third kappa shape index (κ3) is 6.49. The van der Waals surface area contributed by atoms with E-state index in [1.807, 2.05) is 0 Å². The number of anilines is 2. The summed E-state index contributed by atoms with van der Waals surface area (Å²) in [6.45, 7) is 2.26. The lowest BCUT2D eigenvalue weighted by molar-refractivity contribution is -0.117. The molecule has 2 amide bonds. The highest BCUT2D eigenvalue weighted by Gasteiger charge is 2.18. The number of nitrogens with zero attached hydrogens (tertiary/aromatic N) is 1. The van der Waals surface area contributed by atoms with E-state index in [1.165, 1.54) is 31.0 Å². The molecule has 0 spiro atoms. The molecule has 4 N–H and O–H groups in total. The Labute approximate surface area is 181 Å². The van der Waals surface area contributed by atoms with Crippen LogP contribution >= 0.6 is 0 Å². The van der Waals surface area contributed by atoms with E-state index in [9.17, 15) is 24.4 Å². The molecule has 2 aromatic carbocycles. The van der Waals surface area contributed by atoms with Crippen LogP contribution in [0.5, 0.6) is 0 Å². The third-order valence-corrected chi connectivity index (χ3v) is 5.25. The molecule has 9 heteroatoms. The molecule has 0 radical (unpaired) electrons. The highest BCUT2D eigenvalue weighted by Crippen LogP contribution is 2.16. The lowest BCUT2D eigenvalue weighted by Gasteiger charge is -2.19. The molecule has 1 aliphatic heterocycles. The maximum absolute atomic E-state index is 12.4. The standard InChI is InChI=1S/C22H26BN3O5/c27-15-17-13-16(5-10-20(17)23(30)31)22(29)25-19-8-6-18(7-9-19)24-21(28)14-26-11-3-1-2-4-12-26/h5-10,13,15,30-31H,1-4,11-12,14H2,(H,24,28)(H,25,29). The lowest BCUT2D eigenvalue weighted by Crippen LogP contribution is -2.33. The summed E-state index contributed by atoms with van der Waals surface area (Å²) in [4.78, 5) is 38.1. The molecule has 0 aliphatic carbocycles. The second kappa shape index (κ2) is 10.9. The minimum absolute atomic E-state index is 0.0325. The first kappa shape index (κ1) is 22.7. The largest absolute Gasteiger partial charge is 0.489 e. The van der Waals surface area contributed by atoms with Crippen LogP contribution in [0.2, 0.25) is 0 Å². The average molecular weight is 423 g/mol. The molecule has 0 aromatic heterocycles. The van der Waals surface area contributed by atoms with Crippen LogP contribution in [0.25, 0.3) is 0 Å². The molecule has 0 atom stereocenters. The maximum Gasteiger partial charge on any atom is 0.489 e. The number of hydrogen-bond donors (Lipinski definition) is 4. The number of likely N-dealkylation sites (tertiary alicyclic amines) is 1. The SMILES string of the molecule is O=Cc1cc(C(=O)Nc2ccc(NC(=O)CN3CCCCCC3)cc2)ccc1B(O)O. The van der Waals surface area contributed by atoms with Crippen molar-refractivity contribution in [2.24, 2.45) is 0 Å². The Morgan fingerprint density at radius 3 is 2.13 bits per heavy atom. The second-order valence-corrected chi connectivity index (χ2v) is 7.61. The van der Waals surface area contributed by atoms with Gasteiger partial charge in [-0.25, -0.2) is 0 Å². The quantitative estimate of drug-likeness (QED) is 0.393. The van der Waals surface area contributed by atoms with Crippen LogP contribution in [-0.2, 0) is 4.79 Å². The van der Waals surface area contributed by atoms with Gasteiger partial charge >= 0.3 is 7.12 Å². The summed E-state index contributed by atoms with van der Waals surface area (Å²) >= 11 is 0. The fourth-order valence-electron chi connectivity index (χ4n) is 3.59. The van der Waals surface area contributed by atoms with Gasteiger partial charge in [0.05, 0.1) is 6.54 Å². The van der Waals surface area contributed by atoms with Crippen molar-refractivity contribution in [1.82, 2.24) is 4.90 Å². The van der Waals surface area contributed by atoms with E-state index in [-0.39, 0.29) is 22.5 Å². The fourth-order valence-corrected chi connectivity index (χ4v) is 3.59. The topological polar surface area (TPSA) is 119 Å². The Bertz CT molecular complexity index is 925. The summed E-state index contributed by atoms with van der Waals surface area (Å²) in [5.41, 5.74) is 1.44. The molecule has 162 valence electrons. The summed E-state index contributed by atoms with van der Waals surface area (Å²) in [5.74, 6) is -0.508. The van der Waals surface area contributed by atoms with Gasteiger partial charge in [0.2, 0.25) is 5.91 Å². The van der Waals surface area contributed by atoms with Gasteiger partial charge in [-0.05, 0) is 67.8 Å². The van der Waals surface area contributed by atoms with Gasteiger partial charge in [-0.1, -0.05) is 18.9 Å².